The lowest BCUT2D eigenvalue weighted by atomic mass is 9.98. The molecule has 6 heteroatoms. The van der Waals surface area contributed by atoms with Gasteiger partial charge < -0.3 is 5.11 Å². The average Bonchev–Trinajstić information content (AvgIpc) is 2.94. The molecule has 2 heterocycles. The van der Waals surface area contributed by atoms with E-state index in [1.54, 1.807) is 22.2 Å². The molecule has 5 nitrogen and oxygen atoms in total. The summed E-state index contributed by atoms with van der Waals surface area (Å²) < 4.78 is 1.70. The molecule has 0 bridgehead atoms. The van der Waals surface area contributed by atoms with Crippen molar-refractivity contribution in [2.75, 3.05) is 0 Å². The summed E-state index contributed by atoms with van der Waals surface area (Å²) in [6.45, 7) is 6.37. The Bertz CT molecular complexity index is 581. The summed E-state index contributed by atoms with van der Waals surface area (Å²) in [5.41, 5.74) is 0.940. The van der Waals surface area contributed by atoms with Crippen molar-refractivity contribution in [2.45, 2.75) is 39.0 Å². The largest absolute Gasteiger partial charge is 0.481 e. The zero-order valence-electron chi connectivity index (χ0n) is 11.3. The molecule has 0 saturated carbocycles. The fraction of sp³-hybridized carbons (Fsp3) is 0.462. The number of nitrogens with zero attached hydrogens (tertiary/aromatic N) is 3. The highest BCUT2D eigenvalue weighted by Crippen LogP contribution is 2.26. The molecule has 102 valence electrons. The predicted octanol–water partition coefficient (Wildman–Crippen LogP) is 2.64. The minimum absolute atomic E-state index is 0.0300. The molecular formula is C13H17N3O2S. The first-order chi connectivity index (χ1) is 8.86. The lowest BCUT2D eigenvalue weighted by Crippen LogP contribution is -2.10. The number of hydrogen-bond acceptors (Lipinski definition) is 4. The summed E-state index contributed by atoms with van der Waals surface area (Å²) >= 11 is 1.61. The first kappa shape index (κ1) is 13.7. The molecule has 0 unspecified atom stereocenters. The van der Waals surface area contributed by atoms with Crippen LogP contribution in [0.25, 0.3) is 5.82 Å². The van der Waals surface area contributed by atoms with Crippen molar-refractivity contribution in [3.63, 3.8) is 0 Å². The van der Waals surface area contributed by atoms with Gasteiger partial charge in [-0.15, -0.1) is 11.3 Å². The van der Waals surface area contributed by atoms with Gasteiger partial charge in [0.05, 0.1) is 6.20 Å². The molecule has 19 heavy (non-hydrogen) atoms. The smallest absolute Gasteiger partial charge is 0.303 e. The summed E-state index contributed by atoms with van der Waals surface area (Å²) in [5, 5.41) is 15.9. The summed E-state index contributed by atoms with van der Waals surface area (Å²) in [5.74, 6) is -0.00655. The number of aromatic nitrogens is 3. The lowest BCUT2D eigenvalue weighted by Gasteiger charge is -2.13. The molecule has 1 N–H and O–H groups in total. The second-order valence-corrected chi connectivity index (χ2v) is 6.31. The van der Waals surface area contributed by atoms with Crippen LogP contribution in [0, 0.1) is 0 Å². The van der Waals surface area contributed by atoms with Crippen LogP contribution in [-0.2, 0) is 16.6 Å². The van der Waals surface area contributed by atoms with Crippen LogP contribution in [0.1, 0.15) is 37.8 Å². The van der Waals surface area contributed by atoms with E-state index in [1.807, 2.05) is 11.6 Å². The number of carboxylic acid groups (broad SMARTS) is 1. The Labute approximate surface area is 115 Å². The Morgan fingerprint density at radius 3 is 2.79 bits per heavy atom. The molecule has 0 spiro atoms. The fourth-order valence-corrected chi connectivity index (χ4v) is 2.46. The van der Waals surface area contributed by atoms with Crippen LogP contribution in [0.4, 0.5) is 0 Å². The van der Waals surface area contributed by atoms with E-state index in [9.17, 15) is 4.79 Å². The van der Waals surface area contributed by atoms with Crippen LogP contribution in [0.15, 0.2) is 17.8 Å². The highest BCUT2D eigenvalue weighted by atomic mass is 32.1. The first-order valence-electron chi connectivity index (χ1n) is 6.08. The van der Waals surface area contributed by atoms with Gasteiger partial charge in [-0.2, -0.15) is 5.10 Å². The zero-order chi connectivity index (χ0) is 14.0. The van der Waals surface area contributed by atoms with Gasteiger partial charge in [0.2, 0.25) is 0 Å². The molecule has 0 aliphatic heterocycles. The molecule has 0 atom stereocenters. The van der Waals surface area contributed by atoms with E-state index in [2.05, 4.69) is 30.9 Å². The monoisotopic (exact) mass is 279 g/mol. The second-order valence-electron chi connectivity index (χ2n) is 5.45. The molecular weight excluding hydrogens is 262 g/mol. The molecule has 0 radical (unpaired) electrons. The van der Waals surface area contributed by atoms with Gasteiger partial charge in [-0.25, -0.2) is 9.67 Å². The molecule has 2 aromatic heterocycles. The molecule has 2 rings (SSSR count). The summed E-state index contributed by atoms with van der Waals surface area (Å²) in [6, 6.07) is 0. The molecule has 0 amide bonds. The first-order valence-corrected chi connectivity index (χ1v) is 6.96. The number of hydrogen-bond donors (Lipinski definition) is 1. The highest BCUT2D eigenvalue weighted by molar-refractivity contribution is 7.10. The van der Waals surface area contributed by atoms with Crippen LogP contribution < -0.4 is 0 Å². The van der Waals surface area contributed by atoms with Crippen LogP contribution in [0.3, 0.4) is 0 Å². The maximum absolute atomic E-state index is 10.5. The summed E-state index contributed by atoms with van der Waals surface area (Å²) in [6.07, 6.45) is 4.14. The topological polar surface area (TPSA) is 68.0 Å². The number of aryl methyl sites for hydroxylation is 1. The second kappa shape index (κ2) is 5.13. The number of carbonyl (C=O) groups is 1. The molecule has 0 saturated heterocycles. The van der Waals surface area contributed by atoms with Crippen molar-refractivity contribution in [1.29, 1.82) is 0 Å². The van der Waals surface area contributed by atoms with E-state index in [0.717, 1.165) is 16.4 Å². The van der Waals surface area contributed by atoms with Crippen molar-refractivity contribution in [3.8, 4) is 5.82 Å². The third kappa shape index (κ3) is 3.41. The number of aliphatic carboxylic acids is 1. The number of carboxylic acids is 1. The molecule has 0 aromatic carbocycles. The van der Waals surface area contributed by atoms with Crippen LogP contribution in [0.5, 0.6) is 0 Å². The van der Waals surface area contributed by atoms with E-state index in [-0.39, 0.29) is 11.8 Å². The van der Waals surface area contributed by atoms with Gasteiger partial charge in [-0.05, 0) is 12.0 Å². The molecule has 0 aliphatic carbocycles. The van der Waals surface area contributed by atoms with Crippen LogP contribution >= 0.6 is 11.3 Å². The van der Waals surface area contributed by atoms with Crippen molar-refractivity contribution in [2.24, 2.45) is 0 Å². The van der Waals surface area contributed by atoms with E-state index >= 15 is 0 Å². The van der Waals surface area contributed by atoms with Gasteiger partial charge in [0.15, 0.2) is 5.82 Å². The maximum atomic E-state index is 10.5. The summed E-state index contributed by atoms with van der Waals surface area (Å²) in [7, 11) is 0. The quantitative estimate of drug-likeness (QED) is 0.934. The normalized spacial score (nSPS) is 11.7. The van der Waals surface area contributed by atoms with Crippen LogP contribution in [-0.4, -0.2) is 25.8 Å². The average molecular weight is 279 g/mol. The third-order valence-corrected chi connectivity index (χ3v) is 3.89. The van der Waals surface area contributed by atoms with Crippen molar-refractivity contribution in [3.05, 3.63) is 28.3 Å². The standard InChI is InChI=1S/C13H17N3O2S/c1-13(2,3)12-15-10(8-19-12)16-7-9(6-14-16)4-5-11(17)18/h6-8H,4-5H2,1-3H3,(H,17,18). The van der Waals surface area contributed by atoms with Gasteiger partial charge in [0, 0.05) is 23.4 Å². The van der Waals surface area contributed by atoms with E-state index in [1.165, 1.54) is 0 Å². The van der Waals surface area contributed by atoms with E-state index in [4.69, 9.17) is 5.11 Å². The number of thiazole rings is 1. The number of rotatable bonds is 4. The Balaban J connectivity index is 2.14. The van der Waals surface area contributed by atoms with Gasteiger partial charge in [0.1, 0.15) is 5.01 Å². The van der Waals surface area contributed by atoms with Gasteiger partial charge >= 0.3 is 5.97 Å². The van der Waals surface area contributed by atoms with Gasteiger partial charge in [0.25, 0.3) is 0 Å². The van der Waals surface area contributed by atoms with Crippen molar-refractivity contribution < 1.29 is 9.90 Å². The highest BCUT2D eigenvalue weighted by Gasteiger charge is 2.18. The fourth-order valence-electron chi connectivity index (χ4n) is 1.58. The Hall–Kier alpha value is -1.69. The Morgan fingerprint density at radius 2 is 2.21 bits per heavy atom. The van der Waals surface area contributed by atoms with Crippen molar-refractivity contribution >= 4 is 17.3 Å². The predicted molar refractivity (Wildman–Crippen MR) is 73.9 cm³/mol. The maximum Gasteiger partial charge on any atom is 0.303 e. The van der Waals surface area contributed by atoms with Crippen LogP contribution in [0.2, 0.25) is 0 Å². The molecule has 0 aliphatic rings. The molecule has 0 fully saturated rings. The van der Waals surface area contributed by atoms with E-state index in [0.29, 0.717) is 6.42 Å². The summed E-state index contributed by atoms with van der Waals surface area (Å²) in [4.78, 5) is 15.1. The minimum Gasteiger partial charge on any atom is -0.481 e. The third-order valence-electron chi connectivity index (χ3n) is 2.63. The Morgan fingerprint density at radius 1 is 1.47 bits per heavy atom. The van der Waals surface area contributed by atoms with E-state index < -0.39 is 5.97 Å². The van der Waals surface area contributed by atoms with Gasteiger partial charge in [-0.3, -0.25) is 4.79 Å². The minimum atomic E-state index is -0.795. The lowest BCUT2D eigenvalue weighted by molar-refractivity contribution is -0.136. The van der Waals surface area contributed by atoms with Gasteiger partial charge in [-0.1, -0.05) is 20.8 Å². The zero-order valence-corrected chi connectivity index (χ0v) is 12.1. The van der Waals surface area contributed by atoms with Crippen molar-refractivity contribution in [1.82, 2.24) is 14.8 Å². The SMILES string of the molecule is CC(C)(C)c1nc(-n2cc(CCC(=O)O)cn2)cs1. The molecule has 2 aromatic rings. The Kier molecular flexibility index (Phi) is 3.71.